The summed E-state index contributed by atoms with van der Waals surface area (Å²) in [6.07, 6.45) is 0.812. The molecule has 7 heteroatoms. The lowest BCUT2D eigenvalue weighted by Crippen LogP contribution is -2.06. The van der Waals surface area contributed by atoms with Crippen molar-refractivity contribution in [3.63, 3.8) is 0 Å². The number of carbonyl (C=O) groups excluding carboxylic acids is 1. The van der Waals surface area contributed by atoms with Gasteiger partial charge in [-0.05, 0) is 24.6 Å². The largest absolute Gasteiger partial charge is 0.460 e. The van der Waals surface area contributed by atoms with E-state index >= 15 is 0 Å². The topological polar surface area (TPSA) is 83.0 Å². The fourth-order valence-corrected chi connectivity index (χ4v) is 1.51. The normalized spacial score (nSPS) is 10.6. The Kier molecular flexibility index (Phi) is 3.40. The van der Waals surface area contributed by atoms with Gasteiger partial charge in [0.15, 0.2) is 0 Å². The van der Waals surface area contributed by atoms with Gasteiger partial charge in [-0.15, -0.1) is 0 Å². The predicted molar refractivity (Wildman–Crippen MR) is 61.8 cm³/mol. The summed E-state index contributed by atoms with van der Waals surface area (Å²) in [7, 11) is 1.78. The van der Waals surface area contributed by atoms with Crippen molar-refractivity contribution in [3.8, 4) is 11.6 Å². The molecule has 2 aromatic rings. The number of aryl methyl sites for hydroxylation is 2. The molecule has 0 aliphatic carbocycles. The highest BCUT2D eigenvalue weighted by Crippen LogP contribution is 2.18. The third kappa shape index (κ3) is 2.24. The first kappa shape index (κ1) is 12.3. The summed E-state index contributed by atoms with van der Waals surface area (Å²) in [6, 6.07) is 1.85. The van der Waals surface area contributed by atoms with E-state index in [-0.39, 0.29) is 18.3 Å². The summed E-state index contributed by atoms with van der Waals surface area (Å²) in [5.74, 6) is -0.413. The zero-order valence-corrected chi connectivity index (χ0v) is 10.5. The number of rotatable bonds is 4. The smallest absolute Gasteiger partial charge is 0.379 e. The van der Waals surface area contributed by atoms with Crippen LogP contribution in [0.1, 0.15) is 30.2 Å². The average molecular weight is 250 g/mol. The van der Waals surface area contributed by atoms with Gasteiger partial charge in [-0.1, -0.05) is 6.92 Å². The zero-order chi connectivity index (χ0) is 13.1. The SMILES string of the molecule is CCOC(=O)c1noc(-c2cc(CC)nn2C)n1. The Labute approximate surface area is 104 Å². The molecule has 7 nitrogen and oxygen atoms in total. The van der Waals surface area contributed by atoms with E-state index in [0.717, 1.165) is 12.1 Å². The van der Waals surface area contributed by atoms with Crippen LogP contribution in [-0.4, -0.2) is 32.5 Å². The first-order valence-corrected chi connectivity index (χ1v) is 5.69. The maximum absolute atomic E-state index is 11.4. The van der Waals surface area contributed by atoms with Gasteiger partial charge in [0.25, 0.3) is 11.7 Å². The molecular weight excluding hydrogens is 236 g/mol. The molecule has 0 radical (unpaired) electrons. The number of aromatic nitrogens is 4. The van der Waals surface area contributed by atoms with E-state index in [4.69, 9.17) is 9.26 Å². The minimum absolute atomic E-state index is 0.0777. The van der Waals surface area contributed by atoms with E-state index in [1.54, 1.807) is 18.7 Å². The Balaban J connectivity index is 2.28. The molecule has 0 aromatic carbocycles. The molecule has 0 aliphatic rings. The summed E-state index contributed by atoms with van der Waals surface area (Å²) in [6.45, 7) is 3.99. The van der Waals surface area contributed by atoms with Crippen LogP contribution >= 0.6 is 0 Å². The number of hydrogen-bond donors (Lipinski definition) is 0. The van der Waals surface area contributed by atoms with E-state index in [0.29, 0.717) is 5.69 Å². The van der Waals surface area contributed by atoms with Crippen LogP contribution in [0.25, 0.3) is 11.6 Å². The van der Waals surface area contributed by atoms with Crippen LogP contribution in [0.4, 0.5) is 0 Å². The Morgan fingerprint density at radius 3 is 2.89 bits per heavy atom. The second kappa shape index (κ2) is 4.99. The van der Waals surface area contributed by atoms with Crippen LogP contribution in [0.15, 0.2) is 10.6 Å². The molecule has 18 heavy (non-hydrogen) atoms. The summed E-state index contributed by atoms with van der Waals surface area (Å²) >= 11 is 0. The molecule has 0 fully saturated rings. The third-order valence-corrected chi connectivity index (χ3v) is 2.40. The van der Waals surface area contributed by atoms with Crippen molar-refractivity contribution in [2.45, 2.75) is 20.3 Å². The van der Waals surface area contributed by atoms with E-state index in [2.05, 4.69) is 15.2 Å². The maximum atomic E-state index is 11.4. The van der Waals surface area contributed by atoms with Gasteiger partial charge in [0.05, 0.1) is 12.3 Å². The summed E-state index contributed by atoms with van der Waals surface area (Å²) < 4.78 is 11.5. The summed E-state index contributed by atoms with van der Waals surface area (Å²) in [5.41, 5.74) is 1.60. The van der Waals surface area contributed by atoms with Gasteiger partial charge in [0.2, 0.25) is 0 Å². The van der Waals surface area contributed by atoms with Gasteiger partial charge in [-0.3, -0.25) is 4.68 Å². The minimum atomic E-state index is -0.592. The van der Waals surface area contributed by atoms with Crippen LogP contribution < -0.4 is 0 Å². The van der Waals surface area contributed by atoms with Gasteiger partial charge in [0, 0.05) is 7.05 Å². The molecular formula is C11H14N4O3. The molecule has 0 amide bonds. The molecule has 96 valence electrons. The molecule has 0 saturated heterocycles. The highest BCUT2D eigenvalue weighted by molar-refractivity contribution is 5.85. The lowest BCUT2D eigenvalue weighted by atomic mass is 10.3. The van der Waals surface area contributed by atoms with Gasteiger partial charge < -0.3 is 9.26 Å². The second-order valence-electron chi connectivity index (χ2n) is 3.64. The van der Waals surface area contributed by atoms with Crippen molar-refractivity contribution in [3.05, 3.63) is 17.6 Å². The van der Waals surface area contributed by atoms with E-state index in [1.165, 1.54) is 0 Å². The Bertz CT molecular complexity index is 558. The molecule has 0 unspecified atom stereocenters. The van der Waals surface area contributed by atoms with Crippen molar-refractivity contribution >= 4 is 5.97 Å². The average Bonchev–Trinajstić information content (AvgIpc) is 2.95. The van der Waals surface area contributed by atoms with E-state index < -0.39 is 5.97 Å². The highest BCUT2D eigenvalue weighted by atomic mass is 16.5. The number of carbonyl (C=O) groups is 1. The van der Waals surface area contributed by atoms with Crippen LogP contribution in [0, 0.1) is 0 Å². The molecule has 0 atom stereocenters. The first-order chi connectivity index (χ1) is 8.65. The maximum Gasteiger partial charge on any atom is 0.379 e. The second-order valence-corrected chi connectivity index (χ2v) is 3.64. The number of nitrogens with zero attached hydrogens (tertiary/aromatic N) is 4. The molecule has 0 N–H and O–H groups in total. The fourth-order valence-electron chi connectivity index (χ4n) is 1.51. The van der Waals surface area contributed by atoms with Gasteiger partial charge in [-0.25, -0.2) is 4.79 Å². The van der Waals surface area contributed by atoms with Gasteiger partial charge in [-0.2, -0.15) is 10.1 Å². The van der Waals surface area contributed by atoms with Crippen molar-refractivity contribution in [2.75, 3.05) is 6.61 Å². The molecule has 2 heterocycles. The van der Waals surface area contributed by atoms with Gasteiger partial charge in [0.1, 0.15) is 5.69 Å². The standard InChI is InChI=1S/C11H14N4O3/c1-4-7-6-8(15(3)13-7)10-12-9(14-18-10)11(16)17-5-2/h6H,4-5H2,1-3H3. The number of esters is 1. The highest BCUT2D eigenvalue weighted by Gasteiger charge is 2.19. The van der Waals surface area contributed by atoms with Gasteiger partial charge >= 0.3 is 5.97 Å². The molecule has 0 aliphatic heterocycles. The molecule has 0 saturated carbocycles. The van der Waals surface area contributed by atoms with Crippen LogP contribution in [0.5, 0.6) is 0 Å². The molecule has 2 aromatic heterocycles. The Morgan fingerprint density at radius 1 is 1.50 bits per heavy atom. The molecule has 0 spiro atoms. The first-order valence-electron chi connectivity index (χ1n) is 5.69. The van der Waals surface area contributed by atoms with E-state index in [9.17, 15) is 4.79 Å². The van der Waals surface area contributed by atoms with Crippen LogP contribution in [-0.2, 0) is 18.2 Å². The van der Waals surface area contributed by atoms with Crippen molar-refractivity contribution < 1.29 is 14.1 Å². The lowest BCUT2D eigenvalue weighted by Gasteiger charge is -1.94. The quantitative estimate of drug-likeness (QED) is 0.758. The summed E-state index contributed by atoms with van der Waals surface area (Å²) in [5, 5.41) is 7.85. The predicted octanol–water partition coefficient (Wildman–Crippen LogP) is 1.21. The van der Waals surface area contributed by atoms with E-state index in [1.807, 2.05) is 13.0 Å². The summed E-state index contributed by atoms with van der Waals surface area (Å²) in [4.78, 5) is 15.4. The lowest BCUT2D eigenvalue weighted by molar-refractivity contribution is 0.0508. The molecule has 0 bridgehead atoms. The van der Waals surface area contributed by atoms with Crippen LogP contribution in [0.3, 0.4) is 0 Å². The number of hydrogen-bond acceptors (Lipinski definition) is 6. The van der Waals surface area contributed by atoms with Crippen molar-refractivity contribution in [1.82, 2.24) is 19.9 Å². The third-order valence-electron chi connectivity index (χ3n) is 2.40. The Morgan fingerprint density at radius 2 is 2.28 bits per heavy atom. The fraction of sp³-hybridized carbons (Fsp3) is 0.455. The Hall–Kier alpha value is -2.18. The zero-order valence-electron chi connectivity index (χ0n) is 10.5. The molecule has 2 rings (SSSR count). The van der Waals surface area contributed by atoms with Crippen molar-refractivity contribution in [2.24, 2.45) is 7.05 Å². The van der Waals surface area contributed by atoms with Crippen molar-refractivity contribution in [1.29, 1.82) is 0 Å². The monoisotopic (exact) mass is 250 g/mol. The van der Waals surface area contributed by atoms with Crippen LogP contribution in [0.2, 0.25) is 0 Å². The number of ether oxygens (including phenoxy) is 1. The minimum Gasteiger partial charge on any atom is -0.460 e.